The Morgan fingerprint density at radius 3 is 1.32 bits per heavy atom. The average molecular weight is 659 g/mol. The van der Waals surface area contributed by atoms with Crippen molar-refractivity contribution in [2.75, 3.05) is 24.9 Å². The van der Waals surface area contributed by atoms with E-state index in [1.165, 1.54) is 0 Å². The van der Waals surface area contributed by atoms with Crippen LogP contribution in [-0.4, -0.2) is 36.0 Å². The number of para-hydroxylation sites is 2. The third-order valence-corrected chi connectivity index (χ3v) is 8.83. The van der Waals surface area contributed by atoms with Crippen LogP contribution in [0.5, 0.6) is 11.5 Å². The second kappa shape index (κ2) is 13.5. The van der Waals surface area contributed by atoms with Crippen molar-refractivity contribution < 1.29 is 19.1 Å². The molecule has 0 aliphatic rings. The van der Waals surface area contributed by atoms with E-state index in [2.05, 4.69) is 10.6 Å². The lowest BCUT2D eigenvalue weighted by Crippen LogP contribution is -2.17. The van der Waals surface area contributed by atoms with Gasteiger partial charge in [-0.15, -0.1) is 0 Å². The minimum atomic E-state index is -0.278. The molecule has 0 aliphatic heterocycles. The van der Waals surface area contributed by atoms with E-state index in [0.717, 1.165) is 44.5 Å². The van der Waals surface area contributed by atoms with Gasteiger partial charge in [0, 0.05) is 33.3 Å². The van der Waals surface area contributed by atoms with Crippen LogP contribution in [0.2, 0.25) is 0 Å². The van der Waals surface area contributed by atoms with Gasteiger partial charge < -0.3 is 20.1 Å². The van der Waals surface area contributed by atoms with Crippen LogP contribution in [0.15, 0.2) is 121 Å². The number of ether oxygens (including phenoxy) is 2. The molecule has 7 rings (SSSR count). The van der Waals surface area contributed by atoms with Gasteiger partial charge in [-0.3, -0.25) is 9.59 Å². The Morgan fingerprint density at radius 1 is 0.520 bits per heavy atom. The van der Waals surface area contributed by atoms with Gasteiger partial charge in [0.15, 0.2) is 0 Å². The minimum Gasteiger partial charge on any atom is -0.497 e. The average Bonchev–Trinajstić information content (AvgIpc) is 3.14. The SMILES string of the molecule is COc1ccc(-c2nc3ccccc3c(C(=O)Nc3cccc(NC(=O)c4c(C)c(-c5ccc(OC)cc5)nc5ccccc45)c3)c2C)cc1. The highest BCUT2D eigenvalue weighted by atomic mass is 16.5. The third kappa shape index (κ3) is 6.10. The number of nitrogens with one attached hydrogen (secondary N) is 2. The van der Waals surface area contributed by atoms with Gasteiger partial charge in [0.2, 0.25) is 0 Å². The van der Waals surface area contributed by atoms with E-state index in [9.17, 15) is 9.59 Å². The predicted molar refractivity (Wildman–Crippen MR) is 199 cm³/mol. The molecular weight excluding hydrogens is 624 g/mol. The summed E-state index contributed by atoms with van der Waals surface area (Å²) in [4.78, 5) is 37.9. The smallest absolute Gasteiger partial charge is 0.256 e. The monoisotopic (exact) mass is 658 g/mol. The number of hydrogen-bond acceptors (Lipinski definition) is 6. The van der Waals surface area contributed by atoms with Gasteiger partial charge in [-0.1, -0.05) is 42.5 Å². The van der Waals surface area contributed by atoms with Gasteiger partial charge in [-0.05, 0) is 104 Å². The summed E-state index contributed by atoms with van der Waals surface area (Å²) in [5.74, 6) is 0.920. The first kappa shape index (κ1) is 32.0. The normalized spacial score (nSPS) is 11.0. The standard InChI is InChI=1S/C42H34N4O4/c1-25-37(33-12-5-7-14-35(33)45-39(25)27-16-20-31(49-3)21-17-27)41(47)43-29-10-9-11-30(24-29)44-42(48)38-26(2)40(28-18-22-32(50-4)23-19-28)46-36-15-8-6-13-34(36)38/h5-24H,1-4H3,(H,43,47)(H,44,48). The van der Waals surface area contributed by atoms with Crippen molar-refractivity contribution in [3.05, 3.63) is 144 Å². The lowest BCUT2D eigenvalue weighted by atomic mass is 9.97. The van der Waals surface area contributed by atoms with Gasteiger partial charge in [0.05, 0.1) is 47.8 Å². The Bertz CT molecular complexity index is 2240. The van der Waals surface area contributed by atoms with Crippen LogP contribution >= 0.6 is 0 Å². The lowest BCUT2D eigenvalue weighted by molar-refractivity contribution is 0.102. The predicted octanol–water partition coefficient (Wildman–Crippen LogP) is 9.26. The Hall–Kier alpha value is -6.54. The molecular formula is C42H34N4O4. The topological polar surface area (TPSA) is 102 Å². The number of amides is 2. The molecule has 0 aliphatic carbocycles. The quantitative estimate of drug-likeness (QED) is 0.169. The molecule has 0 saturated heterocycles. The highest BCUT2D eigenvalue weighted by molar-refractivity contribution is 6.16. The number of fused-ring (bicyclic) bond motifs is 2. The molecule has 2 heterocycles. The molecule has 5 aromatic carbocycles. The number of carbonyl (C=O) groups is 2. The van der Waals surface area contributed by atoms with Crippen LogP contribution in [-0.2, 0) is 0 Å². The molecule has 0 radical (unpaired) electrons. The Balaban J connectivity index is 1.20. The van der Waals surface area contributed by atoms with Crippen LogP contribution in [0.3, 0.4) is 0 Å². The largest absolute Gasteiger partial charge is 0.497 e. The number of aromatic nitrogens is 2. The van der Waals surface area contributed by atoms with Crippen LogP contribution in [0.4, 0.5) is 11.4 Å². The van der Waals surface area contributed by atoms with Gasteiger partial charge in [0.25, 0.3) is 11.8 Å². The van der Waals surface area contributed by atoms with Gasteiger partial charge >= 0.3 is 0 Å². The number of pyridine rings is 2. The molecule has 246 valence electrons. The fourth-order valence-corrected chi connectivity index (χ4v) is 6.32. The van der Waals surface area contributed by atoms with E-state index >= 15 is 0 Å². The van der Waals surface area contributed by atoms with Crippen molar-refractivity contribution in [1.82, 2.24) is 9.97 Å². The maximum atomic E-state index is 14.0. The first-order chi connectivity index (χ1) is 24.3. The van der Waals surface area contributed by atoms with Gasteiger partial charge in [0.1, 0.15) is 11.5 Å². The summed E-state index contributed by atoms with van der Waals surface area (Å²) in [6.45, 7) is 3.82. The molecule has 0 saturated carbocycles. The molecule has 7 aromatic rings. The molecule has 0 atom stereocenters. The number of methoxy groups -OCH3 is 2. The summed E-state index contributed by atoms with van der Waals surface area (Å²) < 4.78 is 10.7. The summed E-state index contributed by atoms with van der Waals surface area (Å²) in [5, 5.41) is 7.62. The fourth-order valence-electron chi connectivity index (χ4n) is 6.32. The van der Waals surface area contributed by atoms with E-state index in [0.29, 0.717) is 44.9 Å². The molecule has 0 fully saturated rings. The van der Waals surface area contributed by atoms with Crippen molar-refractivity contribution in [3.63, 3.8) is 0 Å². The van der Waals surface area contributed by atoms with E-state index in [4.69, 9.17) is 19.4 Å². The molecule has 2 N–H and O–H groups in total. The number of benzene rings is 5. The lowest BCUT2D eigenvalue weighted by Gasteiger charge is -2.16. The zero-order valence-corrected chi connectivity index (χ0v) is 28.1. The number of rotatable bonds is 8. The van der Waals surface area contributed by atoms with E-state index < -0.39 is 0 Å². The highest BCUT2D eigenvalue weighted by Crippen LogP contribution is 2.33. The molecule has 0 unspecified atom stereocenters. The third-order valence-electron chi connectivity index (χ3n) is 8.83. The first-order valence-electron chi connectivity index (χ1n) is 16.1. The van der Waals surface area contributed by atoms with E-state index in [1.807, 2.05) is 111 Å². The minimum absolute atomic E-state index is 0.278. The van der Waals surface area contributed by atoms with Crippen LogP contribution in [0.25, 0.3) is 44.3 Å². The molecule has 0 spiro atoms. The second-order valence-electron chi connectivity index (χ2n) is 11.9. The summed E-state index contributed by atoms with van der Waals surface area (Å²) in [6.07, 6.45) is 0. The van der Waals surface area contributed by atoms with Crippen molar-refractivity contribution in [3.8, 4) is 34.0 Å². The summed E-state index contributed by atoms with van der Waals surface area (Å²) in [6, 6.07) is 37.6. The Morgan fingerprint density at radius 2 is 0.920 bits per heavy atom. The van der Waals surface area contributed by atoms with Crippen LogP contribution in [0.1, 0.15) is 31.8 Å². The molecule has 2 aromatic heterocycles. The zero-order chi connectivity index (χ0) is 34.8. The molecule has 50 heavy (non-hydrogen) atoms. The maximum absolute atomic E-state index is 14.0. The number of carbonyl (C=O) groups excluding carboxylic acids is 2. The van der Waals surface area contributed by atoms with E-state index in [-0.39, 0.29) is 11.8 Å². The van der Waals surface area contributed by atoms with Crippen molar-refractivity contribution in [2.45, 2.75) is 13.8 Å². The first-order valence-corrected chi connectivity index (χ1v) is 16.1. The molecule has 8 nitrogen and oxygen atoms in total. The van der Waals surface area contributed by atoms with Crippen molar-refractivity contribution >= 4 is 45.0 Å². The molecule has 2 amide bonds. The van der Waals surface area contributed by atoms with E-state index in [1.54, 1.807) is 38.5 Å². The zero-order valence-electron chi connectivity index (χ0n) is 28.1. The number of anilines is 2. The summed E-state index contributed by atoms with van der Waals surface area (Å²) >= 11 is 0. The van der Waals surface area contributed by atoms with Crippen molar-refractivity contribution in [1.29, 1.82) is 0 Å². The molecule has 0 bridgehead atoms. The highest BCUT2D eigenvalue weighted by Gasteiger charge is 2.21. The number of nitrogens with zero attached hydrogens (tertiary/aromatic N) is 2. The van der Waals surface area contributed by atoms with Gasteiger partial charge in [-0.25, -0.2) is 9.97 Å². The number of hydrogen-bond donors (Lipinski definition) is 2. The van der Waals surface area contributed by atoms with Crippen LogP contribution in [0, 0.1) is 13.8 Å². The van der Waals surface area contributed by atoms with Crippen LogP contribution < -0.4 is 20.1 Å². The second-order valence-corrected chi connectivity index (χ2v) is 11.9. The Kier molecular flexibility index (Phi) is 8.66. The Labute approximate surface area is 289 Å². The summed E-state index contributed by atoms with van der Waals surface area (Å²) in [5.41, 5.74) is 8.24. The summed E-state index contributed by atoms with van der Waals surface area (Å²) in [7, 11) is 3.25. The van der Waals surface area contributed by atoms with Crippen molar-refractivity contribution in [2.24, 2.45) is 0 Å². The fraction of sp³-hybridized carbons (Fsp3) is 0.0952. The molecule has 8 heteroatoms. The maximum Gasteiger partial charge on any atom is 0.256 e. The van der Waals surface area contributed by atoms with Gasteiger partial charge in [-0.2, -0.15) is 0 Å².